The number of amides is 1. The predicted octanol–water partition coefficient (Wildman–Crippen LogP) is 3.51. The van der Waals surface area contributed by atoms with Gasteiger partial charge in [-0.05, 0) is 37.7 Å². The Morgan fingerprint density at radius 2 is 1.65 bits per heavy atom. The van der Waals surface area contributed by atoms with Crippen LogP contribution in [0.15, 0.2) is 54.6 Å². The summed E-state index contributed by atoms with van der Waals surface area (Å²) in [5.41, 5.74) is 2.27. The van der Waals surface area contributed by atoms with Gasteiger partial charge in [0.25, 0.3) is 0 Å². The van der Waals surface area contributed by atoms with Crippen LogP contribution >= 0.6 is 11.6 Å². The molecule has 5 heteroatoms. The van der Waals surface area contributed by atoms with Crippen LogP contribution in [0.2, 0.25) is 5.02 Å². The van der Waals surface area contributed by atoms with Gasteiger partial charge < -0.3 is 9.80 Å². The standard InChI is InChI=1S/C21H26ClN3O/c1-17(23(2)16-18-8-6-7-11-20(18)22)21(26)25-14-12-24(13-15-25)19-9-4-3-5-10-19/h3-11,17H,12-16H2,1-2H3. The van der Waals surface area contributed by atoms with Gasteiger partial charge in [0.05, 0.1) is 6.04 Å². The lowest BCUT2D eigenvalue weighted by Crippen LogP contribution is -2.53. The van der Waals surface area contributed by atoms with Crippen LogP contribution in [0, 0.1) is 0 Å². The summed E-state index contributed by atoms with van der Waals surface area (Å²) in [6.45, 7) is 5.91. The van der Waals surface area contributed by atoms with Gasteiger partial charge in [-0.25, -0.2) is 0 Å². The smallest absolute Gasteiger partial charge is 0.239 e. The van der Waals surface area contributed by atoms with Gasteiger partial charge in [-0.15, -0.1) is 0 Å². The third-order valence-corrected chi connectivity index (χ3v) is 5.48. The topological polar surface area (TPSA) is 26.8 Å². The molecular weight excluding hydrogens is 346 g/mol. The fraction of sp³-hybridized carbons (Fsp3) is 0.381. The maximum atomic E-state index is 12.9. The number of likely N-dealkylation sites (N-methyl/N-ethyl adjacent to an activating group) is 1. The Hall–Kier alpha value is -2.04. The van der Waals surface area contributed by atoms with E-state index in [1.807, 2.05) is 49.2 Å². The number of halogens is 1. The molecule has 1 heterocycles. The normalized spacial score (nSPS) is 16.0. The molecule has 1 amide bonds. The Labute approximate surface area is 161 Å². The Bertz CT molecular complexity index is 729. The average Bonchev–Trinajstić information content (AvgIpc) is 2.69. The number of nitrogens with zero attached hydrogens (tertiary/aromatic N) is 3. The van der Waals surface area contributed by atoms with Gasteiger partial charge in [-0.2, -0.15) is 0 Å². The Balaban J connectivity index is 1.55. The van der Waals surface area contributed by atoms with E-state index in [0.29, 0.717) is 6.54 Å². The van der Waals surface area contributed by atoms with E-state index < -0.39 is 0 Å². The maximum Gasteiger partial charge on any atom is 0.239 e. The second-order valence-corrected chi connectivity index (χ2v) is 7.24. The first-order valence-electron chi connectivity index (χ1n) is 9.08. The molecule has 2 aromatic carbocycles. The van der Waals surface area contributed by atoms with E-state index in [1.165, 1.54) is 5.69 Å². The van der Waals surface area contributed by atoms with Gasteiger partial charge >= 0.3 is 0 Å². The van der Waals surface area contributed by atoms with E-state index >= 15 is 0 Å². The molecule has 1 fully saturated rings. The number of hydrogen-bond acceptors (Lipinski definition) is 3. The molecule has 2 aromatic rings. The molecule has 0 bridgehead atoms. The van der Waals surface area contributed by atoms with Crippen molar-refractivity contribution in [1.82, 2.24) is 9.80 Å². The molecule has 138 valence electrons. The number of piperazine rings is 1. The summed E-state index contributed by atoms with van der Waals surface area (Å²) in [7, 11) is 1.98. The van der Waals surface area contributed by atoms with Crippen molar-refractivity contribution in [3.05, 3.63) is 65.2 Å². The largest absolute Gasteiger partial charge is 0.368 e. The maximum absolute atomic E-state index is 12.9. The third-order valence-electron chi connectivity index (χ3n) is 5.11. The van der Waals surface area contributed by atoms with Crippen molar-refractivity contribution in [1.29, 1.82) is 0 Å². The molecule has 3 rings (SSSR count). The Kier molecular flexibility index (Phi) is 6.17. The van der Waals surface area contributed by atoms with Crippen molar-refractivity contribution < 1.29 is 4.79 Å². The molecule has 1 atom stereocenters. The zero-order valence-electron chi connectivity index (χ0n) is 15.4. The zero-order valence-corrected chi connectivity index (χ0v) is 16.2. The predicted molar refractivity (Wildman–Crippen MR) is 108 cm³/mol. The van der Waals surface area contributed by atoms with E-state index in [0.717, 1.165) is 36.8 Å². The molecule has 1 saturated heterocycles. The summed E-state index contributed by atoms with van der Waals surface area (Å²) in [6, 6.07) is 18.0. The van der Waals surface area contributed by atoms with Gasteiger partial charge in [0.1, 0.15) is 0 Å². The van der Waals surface area contributed by atoms with Crippen LogP contribution in [0.3, 0.4) is 0 Å². The van der Waals surface area contributed by atoms with Crippen molar-refractivity contribution in [2.24, 2.45) is 0 Å². The summed E-state index contributed by atoms with van der Waals surface area (Å²) in [5, 5.41) is 0.746. The van der Waals surface area contributed by atoms with Crippen molar-refractivity contribution in [3.8, 4) is 0 Å². The van der Waals surface area contributed by atoms with E-state index in [9.17, 15) is 4.79 Å². The molecule has 0 spiro atoms. The van der Waals surface area contributed by atoms with Crippen molar-refractivity contribution in [2.45, 2.75) is 19.5 Å². The fourth-order valence-electron chi connectivity index (χ4n) is 3.31. The van der Waals surface area contributed by atoms with Gasteiger partial charge in [0, 0.05) is 43.4 Å². The molecule has 1 unspecified atom stereocenters. The van der Waals surface area contributed by atoms with Crippen LogP contribution in [-0.4, -0.2) is 55.0 Å². The second-order valence-electron chi connectivity index (χ2n) is 6.83. The number of carbonyl (C=O) groups excluding carboxylic acids is 1. The van der Waals surface area contributed by atoms with Crippen molar-refractivity contribution in [3.63, 3.8) is 0 Å². The highest BCUT2D eigenvalue weighted by molar-refractivity contribution is 6.31. The van der Waals surface area contributed by atoms with Crippen LogP contribution in [0.4, 0.5) is 5.69 Å². The van der Waals surface area contributed by atoms with E-state index in [-0.39, 0.29) is 11.9 Å². The highest BCUT2D eigenvalue weighted by Crippen LogP contribution is 2.19. The summed E-state index contributed by atoms with van der Waals surface area (Å²) in [5.74, 6) is 0.187. The summed E-state index contributed by atoms with van der Waals surface area (Å²) in [6.07, 6.45) is 0. The molecule has 26 heavy (non-hydrogen) atoms. The fourth-order valence-corrected chi connectivity index (χ4v) is 3.50. The minimum Gasteiger partial charge on any atom is -0.368 e. The third kappa shape index (κ3) is 4.37. The molecule has 4 nitrogen and oxygen atoms in total. The Morgan fingerprint density at radius 1 is 1.04 bits per heavy atom. The molecule has 0 aromatic heterocycles. The van der Waals surface area contributed by atoms with Crippen LogP contribution in [-0.2, 0) is 11.3 Å². The number of rotatable bonds is 5. The highest BCUT2D eigenvalue weighted by atomic mass is 35.5. The minimum atomic E-state index is -0.172. The van der Waals surface area contributed by atoms with Crippen LogP contribution in [0.25, 0.3) is 0 Å². The quantitative estimate of drug-likeness (QED) is 0.804. The minimum absolute atomic E-state index is 0.172. The van der Waals surface area contributed by atoms with Gasteiger partial charge in [0.15, 0.2) is 0 Å². The van der Waals surface area contributed by atoms with Crippen molar-refractivity contribution >= 4 is 23.2 Å². The molecule has 0 radical (unpaired) electrons. The Morgan fingerprint density at radius 3 is 2.31 bits per heavy atom. The molecule has 0 aliphatic carbocycles. The summed E-state index contributed by atoms with van der Waals surface area (Å²) in [4.78, 5) is 19.3. The SMILES string of the molecule is CC(C(=O)N1CCN(c2ccccc2)CC1)N(C)Cc1ccccc1Cl. The lowest BCUT2D eigenvalue weighted by atomic mass is 10.1. The van der Waals surface area contributed by atoms with Crippen molar-refractivity contribution in [2.75, 3.05) is 38.1 Å². The number of hydrogen-bond donors (Lipinski definition) is 0. The lowest BCUT2D eigenvalue weighted by molar-refractivity contribution is -0.136. The first-order chi connectivity index (χ1) is 12.6. The number of anilines is 1. The molecular formula is C21H26ClN3O. The monoisotopic (exact) mass is 371 g/mol. The second kappa shape index (κ2) is 8.56. The summed E-state index contributed by atoms with van der Waals surface area (Å²) < 4.78 is 0. The molecule has 0 saturated carbocycles. The van der Waals surface area contributed by atoms with Gasteiger partial charge in [-0.3, -0.25) is 9.69 Å². The van der Waals surface area contributed by atoms with Crippen LogP contribution in [0.5, 0.6) is 0 Å². The van der Waals surface area contributed by atoms with Gasteiger partial charge in [0.2, 0.25) is 5.91 Å². The first-order valence-corrected chi connectivity index (χ1v) is 9.46. The first kappa shape index (κ1) is 18.7. The van der Waals surface area contributed by atoms with E-state index in [4.69, 9.17) is 11.6 Å². The average molecular weight is 372 g/mol. The highest BCUT2D eigenvalue weighted by Gasteiger charge is 2.27. The molecule has 1 aliphatic rings. The molecule has 0 N–H and O–H groups in total. The summed E-state index contributed by atoms with van der Waals surface area (Å²) >= 11 is 6.25. The van der Waals surface area contributed by atoms with E-state index in [1.54, 1.807) is 0 Å². The zero-order chi connectivity index (χ0) is 18.5. The number of benzene rings is 2. The number of para-hydroxylation sites is 1. The van der Waals surface area contributed by atoms with Crippen LogP contribution in [0.1, 0.15) is 12.5 Å². The lowest BCUT2D eigenvalue weighted by Gasteiger charge is -2.38. The molecule has 1 aliphatic heterocycles. The van der Waals surface area contributed by atoms with Gasteiger partial charge in [-0.1, -0.05) is 48.0 Å². The van der Waals surface area contributed by atoms with Crippen LogP contribution < -0.4 is 4.90 Å². The number of carbonyl (C=O) groups is 1. The van der Waals surface area contributed by atoms with E-state index in [2.05, 4.69) is 34.1 Å².